The summed E-state index contributed by atoms with van der Waals surface area (Å²) in [6, 6.07) is 101. The van der Waals surface area contributed by atoms with Crippen LogP contribution in [0, 0.1) is 6.92 Å². The minimum atomic E-state index is -0.427. The molecule has 0 amide bonds. The summed E-state index contributed by atoms with van der Waals surface area (Å²) >= 11 is 0. The molecule has 0 aliphatic carbocycles. The molecule has 19 aromatic rings. The summed E-state index contributed by atoms with van der Waals surface area (Å²) in [7, 11) is 0. The van der Waals surface area contributed by atoms with Crippen LogP contribution in [0.25, 0.3) is 160 Å². The maximum Gasteiger partial charge on any atom is 0.136 e. The molecule has 0 radical (unpaired) electrons. The normalized spacial score (nSPS) is 13.5. The van der Waals surface area contributed by atoms with Gasteiger partial charge in [0.25, 0.3) is 0 Å². The highest BCUT2D eigenvalue weighted by Crippen LogP contribution is 2.54. The number of hydrogen-bond acceptors (Lipinski definition) is 1. The first-order valence-electron chi connectivity index (χ1n) is 52.5. The van der Waals surface area contributed by atoms with E-state index >= 15 is 0 Å². The van der Waals surface area contributed by atoms with Gasteiger partial charge in [0, 0.05) is 54.5 Å². The Labute approximate surface area is 837 Å². The Bertz CT molecular complexity index is 8010. The van der Waals surface area contributed by atoms with Crippen LogP contribution in [-0.4, -0.2) is 13.7 Å². The van der Waals surface area contributed by atoms with E-state index < -0.39 is 5.41 Å². The van der Waals surface area contributed by atoms with E-state index in [9.17, 15) is 2.74 Å². The van der Waals surface area contributed by atoms with Crippen molar-refractivity contribution in [3.8, 4) is 72.7 Å². The molecule has 4 nitrogen and oxygen atoms in total. The van der Waals surface area contributed by atoms with E-state index in [0.717, 1.165) is 55.3 Å². The van der Waals surface area contributed by atoms with Crippen molar-refractivity contribution in [2.24, 2.45) is 0 Å². The second-order valence-corrected chi connectivity index (χ2v) is 50.9. The quantitative estimate of drug-likeness (QED) is 0.149. The second kappa shape index (κ2) is 35.1. The lowest BCUT2D eigenvalue weighted by molar-refractivity contribution is 0.567. The molecule has 0 unspecified atom stereocenters. The fraction of sp³-hybridized carbons (Fsp3) is 0.333. The van der Waals surface area contributed by atoms with Gasteiger partial charge in [0.1, 0.15) is 11.2 Å². The van der Waals surface area contributed by atoms with Crippen LogP contribution < -0.4 is 0 Å². The van der Waals surface area contributed by atoms with Gasteiger partial charge in [-0.05, 0) is 262 Å². The molecule has 0 saturated carbocycles. The Hall–Kier alpha value is -12.5. The maximum absolute atomic E-state index is 9.30. The third kappa shape index (κ3) is 18.9. The molecule has 139 heavy (non-hydrogen) atoms. The van der Waals surface area contributed by atoms with E-state index in [4.69, 9.17) is 7.16 Å². The Balaban J connectivity index is 0.000000155. The van der Waals surface area contributed by atoms with Crippen LogP contribution in [0.2, 0.25) is 0 Å². The molecule has 15 aromatic carbocycles. The molecule has 0 spiro atoms. The van der Waals surface area contributed by atoms with Gasteiger partial charge in [-0.2, -0.15) is 0 Å². The van der Waals surface area contributed by atoms with Crippen molar-refractivity contribution in [1.82, 2.24) is 13.7 Å². The van der Waals surface area contributed by atoms with Gasteiger partial charge in [-0.25, -0.2) is 0 Å². The third-order valence-corrected chi connectivity index (χ3v) is 28.6. The highest BCUT2D eigenvalue weighted by molar-refractivity contribution is 6.21. The van der Waals surface area contributed by atoms with Gasteiger partial charge in [0.15, 0.2) is 0 Å². The number of aromatic nitrogens is 3. The first-order chi connectivity index (χ1) is 66.5. The summed E-state index contributed by atoms with van der Waals surface area (Å²) in [5.74, 6) is 0. The highest BCUT2D eigenvalue weighted by atomic mass is 16.3. The zero-order valence-electron chi connectivity index (χ0n) is 93.7. The van der Waals surface area contributed by atoms with Crippen LogP contribution in [0.3, 0.4) is 0 Å². The van der Waals surface area contributed by atoms with E-state index in [-0.39, 0.29) is 78.3 Å². The summed E-state index contributed by atoms with van der Waals surface area (Å²) < 4.78 is 49.7. The Morgan fingerprint density at radius 1 is 0.216 bits per heavy atom. The van der Waals surface area contributed by atoms with Gasteiger partial charge in [0.05, 0.1) is 44.3 Å². The van der Waals surface area contributed by atoms with Crippen LogP contribution in [0.15, 0.2) is 302 Å². The Morgan fingerprint density at radius 2 is 0.525 bits per heavy atom. The first kappa shape index (κ1) is 92.8. The lowest BCUT2D eigenvalue weighted by Gasteiger charge is -2.27. The van der Waals surface area contributed by atoms with Crippen molar-refractivity contribution in [1.29, 1.82) is 0 Å². The summed E-state index contributed by atoms with van der Waals surface area (Å²) in [6.07, 6.45) is 0. The molecule has 0 saturated heterocycles. The number of hydrogen-bond donors (Lipinski definition) is 0. The lowest BCUT2D eigenvalue weighted by atomic mass is 9.77. The molecular weight excluding hydrogens is 1680 g/mol. The van der Waals surface area contributed by atoms with Gasteiger partial charge in [-0.15, -0.1) is 0 Å². The van der Waals surface area contributed by atoms with Crippen LogP contribution in [-0.2, 0) is 59.6 Å². The number of nitrogens with zero attached hydrogens (tertiary/aromatic N) is 3. The molecular formula is C135H151N3O. The molecule has 0 aliphatic rings. The Kier molecular flexibility index (Phi) is 23.4. The number of fused-ring (bicyclic) bond motifs is 12. The molecule has 4 heterocycles. The van der Waals surface area contributed by atoms with Crippen molar-refractivity contribution in [3.05, 3.63) is 364 Å². The van der Waals surface area contributed by atoms with Crippen molar-refractivity contribution in [2.45, 2.75) is 295 Å². The summed E-state index contributed by atoms with van der Waals surface area (Å²) in [5, 5.41) is 9.87. The maximum atomic E-state index is 9.30. The zero-order chi connectivity index (χ0) is 104. The standard InChI is InChI=1S/C56H64N2.C51H63N.C28H24O/c1-52(2,3)36-29-35(30-37(31-36)53(4,5)6)41-23-20-26-46-49(41)50-47(57(46)40-33-38(54(7,8)9)32-39(34-40)55(10,11)12)27-28-48(51(50)56(13,14)15)58-44-24-18-16-21-42(44)43-22-17-19-25-45(43)58;1-32-19-17-20-33(25-32)41-23-24-43-45(46(41)51(14,15)16)44-40(34-26-35(47(2,3)4)28-36(27-34)48(5,6)7)21-18-22-42(44)52(43)39-30-37(49(8,9)10)29-38(31-39)50(11,12)13;1-28(2,3)27-22(20-13-8-5-9-14-20)17-18-24-26(27)25-21(15-10-16-23(25)29-24)19-11-6-4-7-12-19/h16-34H,1-15H3;17-31H,1-16H3;4-18H,1-3H3/i;17D,19D,20D,25D;. The molecule has 0 fully saturated rings. The molecule has 712 valence electrons. The van der Waals surface area contributed by atoms with Crippen LogP contribution in [0.4, 0.5) is 0 Å². The van der Waals surface area contributed by atoms with Crippen LogP contribution >= 0.6 is 0 Å². The van der Waals surface area contributed by atoms with E-state index in [0.29, 0.717) is 11.1 Å². The van der Waals surface area contributed by atoms with Crippen molar-refractivity contribution < 1.29 is 9.90 Å². The monoisotopic (exact) mass is 1830 g/mol. The molecule has 0 aliphatic heterocycles. The smallest absolute Gasteiger partial charge is 0.136 e. The van der Waals surface area contributed by atoms with Gasteiger partial charge in [-0.1, -0.05) is 452 Å². The SMILES string of the molecule is CC(C)(C)c1c(-c2ccccc2)ccc2oc3cccc(-c4ccccc4)c3c12.CC(C)(C)c1cc(-c2cccc3c2c2c(C(C)(C)C)c(-n4c5ccccc5c5ccccc54)ccc2n3-c2cc(C(C)(C)C)cc(C(C)(C)C)c2)cc(C(C)(C)C)c1.[2H]c1c([2H])c(C)c([2H])c(-c2ccc3c(c2C(C)(C)C)c2c(-c4cc(C(C)(C)C)cc(C(C)(C)C)c4)cccc2n3-c2cc(C(C)(C)C)cc(C(C)(C)C)c2)c1[2H]. The fourth-order valence-corrected chi connectivity index (χ4v) is 20.9. The molecule has 4 aromatic heterocycles. The van der Waals surface area contributed by atoms with Crippen molar-refractivity contribution in [2.75, 3.05) is 0 Å². The Morgan fingerprint density at radius 3 is 0.921 bits per heavy atom. The summed E-state index contributed by atoms with van der Waals surface area (Å²) in [4.78, 5) is 0. The number of rotatable bonds is 8. The highest BCUT2D eigenvalue weighted by Gasteiger charge is 2.36. The number of furan rings is 1. The molecule has 0 bridgehead atoms. The van der Waals surface area contributed by atoms with Gasteiger partial charge >= 0.3 is 0 Å². The minimum absolute atomic E-state index is 0.00503. The van der Waals surface area contributed by atoms with Crippen LogP contribution in [0.5, 0.6) is 0 Å². The molecule has 4 heteroatoms. The number of benzene rings is 15. The predicted molar refractivity (Wildman–Crippen MR) is 607 cm³/mol. The van der Waals surface area contributed by atoms with E-state index in [1.165, 1.54) is 160 Å². The van der Waals surface area contributed by atoms with Crippen molar-refractivity contribution in [3.63, 3.8) is 0 Å². The van der Waals surface area contributed by atoms with Gasteiger partial charge in [-0.3, -0.25) is 0 Å². The summed E-state index contributed by atoms with van der Waals surface area (Å²) in [6.45, 7) is 77.9. The largest absolute Gasteiger partial charge is 0.456 e. The molecule has 0 atom stereocenters. The van der Waals surface area contributed by atoms with E-state index in [1.807, 2.05) is 0 Å². The zero-order valence-corrected chi connectivity index (χ0v) is 89.7. The average molecular weight is 1840 g/mol. The van der Waals surface area contributed by atoms with Gasteiger partial charge < -0.3 is 18.1 Å². The molecule has 0 N–H and O–H groups in total. The van der Waals surface area contributed by atoms with Gasteiger partial charge in [0.2, 0.25) is 0 Å². The third-order valence-electron chi connectivity index (χ3n) is 28.6. The van der Waals surface area contributed by atoms with E-state index in [2.05, 4.69) is 515 Å². The summed E-state index contributed by atoms with van der Waals surface area (Å²) in [5.41, 5.74) is 37.3. The molecule has 19 rings (SSSR count). The predicted octanol–water partition coefficient (Wildman–Crippen LogP) is 39.2. The van der Waals surface area contributed by atoms with Crippen LogP contribution in [0.1, 0.15) is 301 Å². The van der Waals surface area contributed by atoms with Crippen molar-refractivity contribution >= 4 is 87.4 Å². The fourth-order valence-electron chi connectivity index (χ4n) is 20.9. The number of para-hydroxylation sites is 2. The van der Waals surface area contributed by atoms with E-state index in [1.54, 1.807) is 6.92 Å². The second-order valence-electron chi connectivity index (χ2n) is 50.9. The topological polar surface area (TPSA) is 27.9 Å². The lowest BCUT2D eigenvalue weighted by Crippen LogP contribution is -2.17. The minimum Gasteiger partial charge on any atom is -0.456 e. The average Bonchev–Trinajstić information content (AvgIpc) is 1.55. The first-order valence-corrected chi connectivity index (χ1v) is 50.5.